The third kappa shape index (κ3) is 8.05. The molecule has 1 saturated heterocycles. The van der Waals surface area contributed by atoms with Crippen molar-refractivity contribution in [3.63, 3.8) is 0 Å². The monoisotopic (exact) mass is 618 g/mol. The van der Waals surface area contributed by atoms with Crippen LogP contribution in [0.4, 0.5) is 4.39 Å². The maximum Gasteiger partial charge on any atom is 0.326 e. The number of carboxylic acids is 1. The van der Waals surface area contributed by atoms with E-state index in [2.05, 4.69) is 5.32 Å². The van der Waals surface area contributed by atoms with E-state index in [1.807, 2.05) is 42.5 Å². The number of piperazine rings is 1. The van der Waals surface area contributed by atoms with Gasteiger partial charge in [-0.3, -0.25) is 14.4 Å². The molecule has 3 aromatic carbocycles. The number of rotatable bonds is 11. The molecule has 1 heterocycles. The van der Waals surface area contributed by atoms with Gasteiger partial charge in [0.05, 0.1) is 5.54 Å². The van der Waals surface area contributed by atoms with Gasteiger partial charge < -0.3 is 26.0 Å². The molecule has 5 rings (SSSR count). The van der Waals surface area contributed by atoms with Gasteiger partial charge in [0.25, 0.3) is 0 Å². The Kier molecular flexibility index (Phi) is 10.3. The number of halogens is 1. The quantitative estimate of drug-likeness (QED) is 0.299. The molecule has 4 N–H and O–H groups in total. The van der Waals surface area contributed by atoms with Crippen LogP contribution in [-0.4, -0.2) is 75.4 Å². The number of hydrogen-bond acceptors (Lipinski definition) is 5. The molecule has 240 valence electrons. The fraction of sp³-hybridized carbons (Fsp3) is 0.429. The Morgan fingerprint density at radius 1 is 0.978 bits per heavy atom. The fourth-order valence-electron chi connectivity index (χ4n) is 5.80. The number of benzene rings is 3. The number of nitrogens with zero attached hydrogens (tertiary/aromatic N) is 2. The molecule has 3 amide bonds. The fourth-order valence-corrected chi connectivity index (χ4v) is 5.80. The number of hydrogen-bond donors (Lipinski definition) is 3. The third-order valence-corrected chi connectivity index (χ3v) is 8.51. The lowest BCUT2D eigenvalue weighted by atomic mass is 9.96. The van der Waals surface area contributed by atoms with E-state index in [1.54, 1.807) is 12.1 Å². The molecule has 0 aromatic heterocycles. The molecule has 2 fully saturated rings. The zero-order chi connectivity index (χ0) is 31.6. The molecule has 45 heavy (non-hydrogen) atoms. The van der Waals surface area contributed by atoms with Gasteiger partial charge in [-0.15, -0.1) is 0 Å². The Labute approximate surface area is 263 Å². The van der Waals surface area contributed by atoms with Crippen molar-refractivity contribution in [1.82, 2.24) is 15.1 Å². The average Bonchev–Trinajstić information content (AvgIpc) is 3.81. The second kappa shape index (κ2) is 13.8. The zero-order valence-corrected chi connectivity index (χ0v) is 25.0. The molecule has 3 unspecified atom stereocenters. The highest BCUT2D eigenvalue weighted by Gasteiger charge is 2.45. The van der Waals surface area contributed by atoms with Crippen LogP contribution < -0.4 is 11.1 Å². The van der Waals surface area contributed by atoms with Gasteiger partial charge >= 0.3 is 5.97 Å². The summed E-state index contributed by atoms with van der Waals surface area (Å²) in [6.45, 7) is 3.21. The molecule has 1 aliphatic carbocycles. The predicted octanol–water partition coefficient (Wildman–Crippen LogP) is 3.92. The first-order valence-electron chi connectivity index (χ1n) is 15.1. The molecule has 1 aliphatic heterocycles. The first-order valence-corrected chi connectivity index (χ1v) is 15.1. The minimum atomic E-state index is -1.26. The molecular weight excluding hydrogens is 575 g/mol. The molecule has 0 bridgehead atoms. The molecule has 1 saturated carbocycles. The van der Waals surface area contributed by atoms with Gasteiger partial charge in [-0.25, -0.2) is 9.18 Å². The van der Waals surface area contributed by atoms with E-state index in [-0.39, 0.29) is 39.3 Å². The molecule has 2 aliphatic rings. The molecule has 0 radical (unpaired) electrons. The van der Waals surface area contributed by atoms with Crippen LogP contribution in [0.25, 0.3) is 10.8 Å². The van der Waals surface area contributed by atoms with Gasteiger partial charge in [-0.05, 0) is 60.2 Å². The summed E-state index contributed by atoms with van der Waals surface area (Å²) in [6, 6.07) is 16.2. The number of carbonyl (C=O) groups excluding carboxylic acids is 3. The number of nitrogens with two attached hydrogens (primary N) is 1. The van der Waals surface area contributed by atoms with Crippen molar-refractivity contribution in [3.8, 4) is 0 Å². The average molecular weight is 619 g/mol. The Morgan fingerprint density at radius 2 is 1.62 bits per heavy atom. The van der Waals surface area contributed by atoms with E-state index in [0.717, 1.165) is 29.2 Å². The number of nitrogens with one attached hydrogen (secondary N) is 1. The van der Waals surface area contributed by atoms with Crippen LogP contribution in [-0.2, 0) is 32.0 Å². The maximum absolute atomic E-state index is 14.1. The Hall–Kier alpha value is -4.31. The first-order chi connectivity index (χ1) is 20.9. The van der Waals surface area contributed by atoms with Crippen molar-refractivity contribution in [2.45, 2.75) is 77.0 Å². The number of carboxylic acid groups (broad SMARTS) is 1. The van der Waals surface area contributed by atoms with Crippen LogP contribution in [0.15, 0.2) is 66.7 Å². The van der Waals surface area contributed by atoms with E-state index in [0.29, 0.717) is 12.0 Å². The van der Waals surface area contributed by atoms with E-state index < -0.39 is 53.2 Å². The standard InChI is InChI=1S/C34H39FN4O5.CH4/c1-34(2,36)33(44)37-27(18-21-10-13-26(35)14-11-21)30(40)38-15-16-39(31(41)28(38)19-22-7-8-22)29(32(42)43)20-23-9-12-24-5-3-4-6-25(24)17-23;/h3-6,9-14,17,22,27-29H,7-8,15-16,18-20,36H2,1-2H3,(H,37,44)(H,42,43);1H4. The molecule has 0 spiro atoms. The third-order valence-electron chi connectivity index (χ3n) is 8.51. The van der Waals surface area contributed by atoms with Crippen LogP contribution >= 0.6 is 0 Å². The highest BCUT2D eigenvalue weighted by Crippen LogP contribution is 2.36. The summed E-state index contributed by atoms with van der Waals surface area (Å²) in [5, 5.41) is 15.0. The molecule has 9 nitrogen and oxygen atoms in total. The lowest BCUT2D eigenvalue weighted by Gasteiger charge is -2.44. The normalized spacial score (nSPS) is 18.2. The van der Waals surface area contributed by atoms with Crippen molar-refractivity contribution >= 4 is 34.5 Å². The molecular formula is C35H43FN4O5. The summed E-state index contributed by atoms with van der Waals surface area (Å²) in [7, 11) is 0. The largest absolute Gasteiger partial charge is 0.480 e. The first kappa shape index (κ1) is 33.6. The van der Waals surface area contributed by atoms with Crippen molar-refractivity contribution in [1.29, 1.82) is 0 Å². The van der Waals surface area contributed by atoms with E-state index in [9.17, 15) is 28.7 Å². The maximum atomic E-state index is 14.1. The molecule has 10 heteroatoms. The van der Waals surface area contributed by atoms with Crippen LogP contribution in [0.3, 0.4) is 0 Å². The van der Waals surface area contributed by atoms with Crippen LogP contribution in [0, 0.1) is 11.7 Å². The van der Waals surface area contributed by atoms with E-state index in [4.69, 9.17) is 5.73 Å². The van der Waals surface area contributed by atoms with Crippen LogP contribution in [0.5, 0.6) is 0 Å². The van der Waals surface area contributed by atoms with Crippen LogP contribution in [0.2, 0.25) is 0 Å². The summed E-state index contributed by atoms with van der Waals surface area (Å²) in [4.78, 5) is 56.5. The lowest BCUT2D eigenvalue weighted by molar-refractivity contribution is -0.161. The molecule has 3 atom stereocenters. The Balaban J connectivity index is 0.00000461. The summed E-state index contributed by atoms with van der Waals surface area (Å²) in [6.07, 6.45) is 2.49. The van der Waals surface area contributed by atoms with E-state index >= 15 is 0 Å². The van der Waals surface area contributed by atoms with Crippen LogP contribution in [0.1, 0.15) is 51.7 Å². The van der Waals surface area contributed by atoms with Gasteiger partial charge in [0.15, 0.2) is 0 Å². The van der Waals surface area contributed by atoms with E-state index in [1.165, 1.54) is 35.8 Å². The minimum absolute atomic E-state index is 0. The number of aliphatic carboxylic acids is 1. The summed E-state index contributed by atoms with van der Waals surface area (Å²) in [5.74, 6) is -2.67. The zero-order valence-electron chi connectivity index (χ0n) is 25.0. The smallest absolute Gasteiger partial charge is 0.326 e. The minimum Gasteiger partial charge on any atom is -0.480 e. The van der Waals surface area contributed by atoms with Gasteiger partial charge in [0, 0.05) is 25.9 Å². The SMILES string of the molecule is C.CC(C)(N)C(=O)NC(Cc1ccc(F)cc1)C(=O)N1CCN(C(Cc2ccc3ccccc3c2)C(=O)O)C(=O)C1CC1CC1. The highest BCUT2D eigenvalue weighted by atomic mass is 19.1. The number of amides is 3. The Bertz CT molecular complexity index is 1550. The lowest BCUT2D eigenvalue weighted by Crippen LogP contribution is -2.66. The second-order valence-electron chi connectivity index (χ2n) is 12.6. The van der Waals surface area contributed by atoms with Crippen molar-refractivity contribution in [2.75, 3.05) is 13.1 Å². The molecule has 3 aromatic rings. The van der Waals surface area contributed by atoms with Gasteiger partial charge in [0.1, 0.15) is 23.9 Å². The highest BCUT2D eigenvalue weighted by molar-refractivity contribution is 5.96. The van der Waals surface area contributed by atoms with Crippen molar-refractivity contribution in [2.24, 2.45) is 11.7 Å². The number of carbonyl (C=O) groups is 4. The predicted molar refractivity (Wildman–Crippen MR) is 171 cm³/mol. The summed E-state index contributed by atoms with van der Waals surface area (Å²) >= 11 is 0. The second-order valence-corrected chi connectivity index (χ2v) is 12.6. The summed E-state index contributed by atoms with van der Waals surface area (Å²) in [5.41, 5.74) is 6.18. The topological polar surface area (TPSA) is 133 Å². The van der Waals surface area contributed by atoms with Gasteiger partial charge in [-0.2, -0.15) is 0 Å². The van der Waals surface area contributed by atoms with Gasteiger partial charge in [0.2, 0.25) is 17.7 Å². The van der Waals surface area contributed by atoms with Crippen molar-refractivity contribution < 1.29 is 28.7 Å². The Morgan fingerprint density at radius 3 is 2.24 bits per heavy atom. The van der Waals surface area contributed by atoms with Gasteiger partial charge in [-0.1, -0.05) is 74.9 Å². The number of fused-ring (bicyclic) bond motifs is 1. The van der Waals surface area contributed by atoms with Crippen molar-refractivity contribution in [3.05, 3.63) is 83.7 Å². The summed E-state index contributed by atoms with van der Waals surface area (Å²) < 4.78 is 13.6.